The molecule has 0 aliphatic carbocycles. The van der Waals surface area contributed by atoms with Crippen LogP contribution in [0.1, 0.15) is 19.4 Å². The maximum absolute atomic E-state index is 5.34. The first-order chi connectivity index (χ1) is 11.0. The number of guanidine groups is 1. The Labute approximate surface area is 169 Å². The zero-order chi connectivity index (χ0) is 17.2. The van der Waals surface area contributed by atoms with Crippen LogP contribution in [0, 0.1) is 0 Å². The van der Waals surface area contributed by atoms with Gasteiger partial charge in [0.2, 0.25) is 0 Å². The van der Waals surface area contributed by atoms with Crippen molar-refractivity contribution < 1.29 is 14.2 Å². The third kappa shape index (κ3) is 7.43. The Morgan fingerprint density at radius 2 is 1.83 bits per heavy atom. The van der Waals surface area contributed by atoms with E-state index in [4.69, 9.17) is 14.2 Å². The predicted octanol–water partition coefficient (Wildman–Crippen LogP) is 3.17. The number of ether oxygens (including phenoxy) is 3. The van der Waals surface area contributed by atoms with Gasteiger partial charge in [0.25, 0.3) is 0 Å². The molecule has 1 atom stereocenters. The fourth-order valence-electron chi connectivity index (χ4n) is 2.03. The van der Waals surface area contributed by atoms with Crippen LogP contribution < -0.4 is 20.1 Å². The molecular formula is C16H27BrIN3O3. The van der Waals surface area contributed by atoms with Gasteiger partial charge in [-0.3, -0.25) is 0 Å². The molecule has 0 aliphatic heterocycles. The second-order valence-corrected chi connectivity index (χ2v) is 5.85. The van der Waals surface area contributed by atoms with Crippen LogP contribution in [0.2, 0.25) is 0 Å². The van der Waals surface area contributed by atoms with Gasteiger partial charge in [0, 0.05) is 24.2 Å². The molecular weight excluding hydrogens is 489 g/mol. The van der Waals surface area contributed by atoms with Gasteiger partial charge >= 0.3 is 0 Å². The molecule has 2 N–H and O–H groups in total. The number of nitrogens with zero attached hydrogens (tertiary/aromatic N) is 1. The van der Waals surface area contributed by atoms with Gasteiger partial charge in [0.15, 0.2) is 17.5 Å². The first kappa shape index (κ1) is 23.3. The Morgan fingerprint density at radius 1 is 1.21 bits per heavy atom. The lowest BCUT2D eigenvalue weighted by Gasteiger charge is -2.17. The monoisotopic (exact) mass is 515 g/mol. The van der Waals surface area contributed by atoms with E-state index >= 15 is 0 Å². The van der Waals surface area contributed by atoms with E-state index in [0.717, 1.165) is 22.5 Å². The second-order valence-electron chi connectivity index (χ2n) is 4.99. The molecule has 6 nitrogen and oxygen atoms in total. The van der Waals surface area contributed by atoms with Gasteiger partial charge < -0.3 is 24.8 Å². The van der Waals surface area contributed by atoms with E-state index in [9.17, 15) is 0 Å². The summed E-state index contributed by atoms with van der Waals surface area (Å²) in [5, 5.41) is 6.53. The summed E-state index contributed by atoms with van der Waals surface area (Å²) in [5.74, 6) is 2.12. The zero-order valence-corrected chi connectivity index (χ0v) is 18.7. The van der Waals surface area contributed by atoms with Crippen molar-refractivity contribution >= 4 is 45.9 Å². The Balaban J connectivity index is 0.00000529. The first-order valence-electron chi connectivity index (χ1n) is 7.49. The molecule has 0 saturated heterocycles. The molecule has 1 aromatic rings. The van der Waals surface area contributed by atoms with Crippen molar-refractivity contribution in [1.82, 2.24) is 10.6 Å². The number of aliphatic imine (C=N–C) groups is 1. The van der Waals surface area contributed by atoms with Crippen molar-refractivity contribution in [2.45, 2.75) is 26.4 Å². The van der Waals surface area contributed by atoms with Gasteiger partial charge in [0.1, 0.15) is 0 Å². The van der Waals surface area contributed by atoms with Crippen molar-refractivity contribution in [1.29, 1.82) is 0 Å². The van der Waals surface area contributed by atoms with Gasteiger partial charge in [-0.1, -0.05) is 15.9 Å². The molecule has 24 heavy (non-hydrogen) atoms. The number of methoxy groups -OCH3 is 3. The molecule has 0 spiro atoms. The van der Waals surface area contributed by atoms with Gasteiger partial charge in [-0.25, -0.2) is 4.99 Å². The van der Waals surface area contributed by atoms with E-state index in [1.165, 1.54) is 0 Å². The van der Waals surface area contributed by atoms with Crippen molar-refractivity contribution in [2.75, 3.05) is 34.5 Å². The smallest absolute Gasteiger partial charge is 0.191 e. The van der Waals surface area contributed by atoms with Gasteiger partial charge in [-0.15, -0.1) is 24.0 Å². The molecule has 1 unspecified atom stereocenters. The second kappa shape index (κ2) is 12.6. The minimum Gasteiger partial charge on any atom is -0.493 e. The fourth-order valence-corrected chi connectivity index (χ4v) is 2.47. The SMILES string of the molecule is CCNC(=NCc1cc(OC)c(OC)cc1Br)NC(C)COC.I. The fraction of sp³-hybridized carbons (Fsp3) is 0.562. The third-order valence-corrected chi connectivity index (χ3v) is 3.84. The van der Waals surface area contributed by atoms with E-state index in [2.05, 4.69) is 31.6 Å². The minimum atomic E-state index is 0. The largest absolute Gasteiger partial charge is 0.493 e. The molecule has 8 heteroatoms. The molecule has 138 valence electrons. The van der Waals surface area contributed by atoms with Crippen LogP contribution in [0.25, 0.3) is 0 Å². The molecule has 0 amide bonds. The summed E-state index contributed by atoms with van der Waals surface area (Å²) in [6.07, 6.45) is 0. The number of hydrogen-bond acceptors (Lipinski definition) is 4. The highest BCUT2D eigenvalue weighted by Crippen LogP contribution is 2.33. The maximum atomic E-state index is 5.34. The molecule has 0 heterocycles. The highest BCUT2D eigenvalue weighted by Gasteiger charge is 2.10. The average Bonchev–Trinajstić information content (AvgIpc) is 2.53. The van der Waals surface area contributed by atoms with Crippen LogP contribution in [0.5, 0.6) is 11.5 Å². The quantitative estimate of drug-likeness (QED) is 0.316. The third-order valence-electron chi connectivity index (χ3n) is 3.10. The van der Waals surface area contributed by atoms with Crippen LogP contribution in [0.15, 0.2) is 21.6 Å². The minimum absolute atomic E-state index is 0. The molecule has 1 rings (SSSR count). The molecule has 0 aliphatic rings. The summed E-state index contributed by atoms with van der Waals surface area (Å²) in [7, 11) is 4.92. The number of hydrogen-bond donors (Lipinski definition) is 2. The Morgan fingerprint density at radius 3 is 2.38 bits per heavy atom. The van der Waals surface area contributed by atoms with Crippen LogP contribution in [0.3, 0.4) is 0 Å². The summed E-state index contributed by atoms with van der Waals surface area (Å²) in [5.41, 5.74) is 1.01. The van der Waals surface area contributed by atoms with E-state index in [-0.39, 0.29) is 30.0 Å². The summed E-state index contributed by atoms with van der Waals surface area (Å²) < 4.78 is 16.7. The Kier molecular flexibility index (Phi) is 12.2. The van der Waals surface area contributed by atoms with Crippen molar-refractivity contribution in [3.05, 3.63) is 22.2 Å². The summed E-state index contributed by atoms with van der Waals surface area (Å²) >= 11 is 3.55. The van der Waals surface area contributed by atoms with Gasteiger partial charge in [-0.2, -0.15) is 0 Å². The van der Waals surface area contributed by atoms with Gasteiger partial charge in [0.05, 0.1) is 27.4 Å². The average molecular weight is 516 g/mol. The highest BCUT2D eigenvalue weighted by atomic mass is 127. The summed E-state index contributed by atoms with van der Waals surface area (Å²) in [6.45, 7) is 5.99. The van der Waals surface area contributed by atoms with Crippen LogP contribution in [0.4, 0.5) is 0 Å². The molecule has 1 aromatic carbocycles. The van der Waals surface area contributed by atoms with E-state index < -0.39 is 0 Å². The molecule has 0 aromatic heterocycles. The lowest BCUT2D eigenvalue weighted by atomic mass is 10.2. The topological polar surface area (TPSA) is 64.1 Å². The maximum Gasteiger partial charge on any atom is 0.191 e. The summed E-state index contributed by atoms with van der Waals surface area (Å²) in [4.78, 5) is 4.61. The van der Waals surface area contributed by atoms with Crippen LogP contribution >= 0.6 is 39.9 Å². The number of nitrogens with one attached hydrogen (secondary N) is 2. The van der Waals surface area contributed by atoms with Crippen LogP contribution in [-0.2, 0) is 11.3 Å². The lowest BCUT2D eigenvalue weighted by Crippen LogP contribution is -2.43. The molecule has 0 radical (unpaired) electrons. The Bertz CT molecular complexity index is 530. The van der Waals surface area contributed by atoms with Gasteiger partial charge in [-0.05, 0) is 31.5 Å². The van der Waals surface area contributed by atoms with Crippen LogP contribution in [-0.4, -0.2) is 46.5 Å². The standard InChI is InChI=1S/C16H26BrN3O3.HI/c1-6-18-16(20-11(2)10-21-3)19-9-12-7-14(22-4)15(23-5)8-13(12)17;/h7-8,11H,6,9-10H2,1-5H3,(H2,18,19,20);1H. The predicted molar refractivity (Wildman–Crippen MR) is 112 cm³/mol. The molecule has 0 fully saturated rings. The first-order valence-corrected chi connectivity index (χ1v) is 8.29. The van der Waals surface area contributed by atoms with Crippen molar-refractivity contribution in [3.8, 4) is 11.5 Å². The van der Waals surface area contributed by atoms with E-state index in [0.29, 0.717) is 24.7 Å². The number of halogens is 2. The number of benzene rings is 1. The molecule has 0 saturated carbocycles. The normalized spacial score (nSPS) is 12.2. The Hall–Kier alpha value is -0.740. The number of rotatable bonds is 8. The lowest BCUT2D eigenvalue weighted by molar-refractivity contribution is 0.179. The van der Waals surface area contributed by atoms with Crippen molar-refractivity contribution in [2.24, 2.45) is 4.99 Å². The van der Waals surface area contributed by atoms with E-state index in [1.807, 2.05) is 26.0 Å². The zero-order valence-electron chi connectivity index (χ0n) is 14.8. The van der Waals surface area contributed by atoms with Crippen molar-refractivity contribution in [3.63, 3.8) is 0 Å². The molecule has 0 bridgehead atoms. The summed E-state index contributed by atoms with van der Waals surface area (Å²) in [6, 6.07) is 3.98. The highest BCUT2D eigenvalue weighted by molar-refractivity contribution is 14.0. The van der Waals surface area contributed by atoms with E-state index in [1.54, 1.807) is 21.3 Å².